The molecular weight excluding hydrogens is 268 g/mol. The van der Waals surface area contributed by atoms with Gasteiger partial charge in [0.15, 0.2) is 0 Å². The summed E-state index contributed by atoms with van der Waals surface area (Å²) in [5.41, 5.74) is 0. The van der Waals surface area contributed by atoms with E-state index in [1.54, 1.807) is 0 Å². The van der Waals surface area contributed by atoms with Crippen molar-refractivity contribution < 1.29 is 9.53 Å². The second kappa shape index (κ2) is 6.58. The summed E-state index contributed by atoms with van der Waals surface area (Å²) in [5.74, 6) is 1.92. The summed E-state index contributed by atoms with van der Waals surface area (Å²) < 4.78 is 7.53. The maximum absolute atomic E-state index is 12.3. The predicted molar refractivity (Wildman–Crippen MR) is 78.9 cm³/mol. The van der Waals surface area contributed by atoms with Crippen molar-refractivity contribution in [2.45, 2.75) is 19.4 Å². The first-order chi connectivity index (χ1) is 10.2. The number of amides is 1. The number of imidazole rings is 1. The molecule has 1 aromatic rings. The van der Waals surface area contributed by atoms with Gasteiger partial charge in [0.05, 0.1) is 19.8 Å². The van der Waals surface area contributed by atoms with E-state index in [0.717, 1.165) is 52.2 Å². The van der Waals surface area contributed by atoms with Crippen molar-refractivity contribution in [3.8, 4) is 0 Å². The topological polar surface area (TPSA) is 50.6 Å². The molecule has 3 rings (SSSR count). The number of nitrogens with zero attached hydrogens (tertiary/aromatic N) is 4. The van der Waals surface area contributed by atoms with E-state index >= 15 is 0 Å². The van der Waals surface area contributed by atoms with Crippen molar-refractivity contribution >= 4 is 5.91 Å². The van der Waals surface area contributed by atoms with Gasteiger partial charge in [0.2, 0.25) is 5.91 Å². The molecule has 3 heterocycles. The summed E-state index contributed by atoms with van der Waals surface area (Å²) in [6, 6.07) is 0. The van der Waals surface area contributed by atoms with Crippen molar-refractivity contribution in [3.05, 3.63) is 18.2 Å². The molecule has 21 heavy (non-hydrogen) atoms. The Morgan fingerprint density at radius 1 is 1.48 bits per heavy atom. The molecule has 1 amide bonds. The molecule has 0 spiro atoms. The van der Waals surface area contributed by atoms with Crippen molar-refractivity contribution in [3.63, 3.8) is 0 Å². The molecule has 1 aromatic heterocycles. The Kier molecular flexibility index (Phi) is 4.55. The molecule has 116 valence electrons. The Hall–Kier alpha value is -1.40. The summed E-state index contributed by atoms with van der Waals surface area (Å²) in [6.07, 6.45) is 6.04. The average Bonchev–Trinajstić information content (AvgIpc) is 2.95. The normalized spacial score (nSPS) is 22.8. The van der Waals surface area contributed by atoms with E-state index in [4.69, 9.17) is 4.74 Å². The van der Waals surface area contributed by atoms with E-state index in [0.29, 0.717) is 12.5 Å². The summed E-state index contributed by atoms with van der Waals surface area (Å²) in [5, 5.41) is 0. The Bertz CT molecular complexity index is 482. The number of carbonyl (C=O) groups excluding carboxylic acids is 1. The Balaban J connectivity index is 1.47. The van der Waals surface area contributed by atoms with Crippen LogP contribution in [0, 0.1) is 5.92 Å². The smallest absolute Gasteiger partial charge is 0.236 e. The molecular formula is C15H24N4O2. The number of likely N-dealkylation sites (N-methyl/N-ethyl adjacent to an activating group) is 1. The van der Waals surface area contributed by atoms with E-state index < -0.39 is 0 Å². The third-order valence-electron chi connectivity index (χ3n) is 4.45. The van der Waals surface area contributed by atoms with Crippen LogP contribution in [0.4, 0.5) is 0 Å². The second-order valence-corrected chi connectivity index (χ2v) is 6.06. The number of ether oxygens (including phenoxy) is 1. The van der Waals surface area contributed by atoms with Crippen LogP contribution in [0.1, 0.15) is 12.2 Å². The number of aryl methyl sites for hydroxylation is 1. The highest BCUT2D eigenvalue weighted by atomic mass is 16.5. The van der Waals surface area contributed by atoms with Crippen molar-refractivity contribution in [1.82, 2.24) is 19.4 Å². The van der Waals surface area contributed by atoms with Crippen LogP contribution in [0.25, 0.3) is 0 Å². The molecule has 0 aromatic carbocycles. The lowest BCUT2D eigenvalue weighted by Gasteiger charge is -2.31. The van der Waals surface area contributed by atoms with Crippen LogP contribution < -0.4 is 0 Å². The van der Waals surface area contributed by atoms with Crippen molar-refractivity contribution in [2.24, 2.45) is 5.92 Å². The highest BCUT2D eigenvalue weighted by Gasteiger charge is 2.23. The van der Waals surface area contributed by atoms with Crippen LogP contribution in [0.15, 0.2) is 12.4 Å². The molecule has 0 saturated carbocycles. The Morgan fingerprint density at radius 3 is 3.10 bits per heavy atom. The number of fused-ring (bicyclic) bond motifs is 1. The van der Waals surface area contributed by atoms with E-state index in [9.17, 15) is 4.79 Å². The lowest BCUT2D eigenvalue weighted by atomic mass is 9.99. The quantitative estimate of drug-likeness (QED) is 0.797. The molecule has 0 aliphatic carbocycles. The van der Waals surface area contributed by atoms with Crippen LogP contribution in [-0.2, 0) is 22.5 Å². The minimum Gasteiger partial charge on any atom is -0.379 e. The zero-order chi connectivity index (χ0) is 14.7. The maximum atomic E-state index is 12.3. The first kappa shape index (κ1) is 14.5. The Labute approximate surface area is 125 Å². The van der Waals surface area contributed by atoms with E-state index in [1.807, 2.05) is 24.3 Å². The Morgan fingerprint density at radius 2 is 2.29 bits per heavy atom. The predicted octanol–water partition coefficient (Wildman–Crippen LogP) is 0.236. The largest absolute Gasteiger partial charge is 0.379 e. The third kappa shape index (κ3) is 3.63. The molecule has 2 aliphatic heterocycles. The van der Waals surface area contributed by atoms with Crippen LogP contribution in [0.5, 0.6) is 0 Å². The second-order valence-electron chi connectivity index (χ2n) is 6.06. The zero-order valence-corrected chi connectivity index (χ0v) is 12.7. The van der Waals surface area contributed by atoms with Crippen molar-refractivity contribution in [2.75, 3.05) is 46.4 Å². The third-order valence-corrected chi connectivity index (χ3v) is 4.45. The highest BCUT2D eigenvalue weighted by molar-refractivity contribution is 5.78. The summed E-state index contributed by atoms with van der Waals surface area (Å²) in [6.45, 7) is 5.53. The van der Waals surface area contributed by atoms with Gasteiger partial charge in [0.25, 0.3) is 0 Å². The fourth-order valence-electron chi connectivity index (χ4n) is 3.15. The van der Waals surface area contributed by atoms with Gasteiger partial charge >= 0.3 is 0 Å². The van der Waals surface area contributed by atoms with Gasteiger partial charge in [-0.05, 0) is 12.3 Å². The number of rotatable bonds is 4. The molecule has 2 aliphatic rings. The fraction of sp³-hybridized carbons (Fsp3) is 0.733. The number of hydrogen-bond donors (Lipinski definition) is 0. The van der Waals surface area contributed by atoms with Crippen LogP contribution >= 0.6 is 0 Å². The van der Waals surface area contributed by atoms with Gasteiger partial charge in [-0.3, -0.25) is 9.69 Å². The SMILES string of the molecule is CN(C[C@@H]1CCc2nccn2C1)C(=O)CN1CCOCC1. The van der Waals surface area contributed by atoms with E-state index in [1.165, 1.54) is 5.82 Å². The number of carbonyl (C=O) groups is 1. The fourth-order valence-corrected chi connectivity index (χ4v) is 3.15. The minimum atomic E-state index is 0.216. The van der Waals surface area contributed by atoms with Crippen LogP contribution in [0.2, 0.25) is 0 Å². The van der Waals surface area contributed by atoms with E-state index in [-0.39, 0.29) is 5.91 Å². The molecule has 1 atom stereocenters. The summed E-state index contributed by atoms with van der Waals surface area (Å²) in [4.78, 5) is 20.7. The monoisotopic (exact) mass is 292 g/mol. The van der Waals surface area contributed by atoms with E-state index in [2.05, 4.69) is 14.5 Å². The van der Waals surface area contributed by atoms with Crippen molar-refractivity contribution in [1.29, 1.82) is 0 Å². The maximum Gasteiger partial charge on any atom is 0.236 e. The highest BCUT2D eigenvalue weighted by Crippen LogP contribution is 2.19. The number of aromatic nitrogens is 2. The lowest BCUT2D eigenvalue weighted by molar-refractivity contribution is -0.132. The molecule has 0 N–H and O–H groups in total. The van der Waals surface area contributed by atoms with Gasteiger partial charge in [-0.15, -0.1) is 0 Å². The molecule has 0 radical (unpaired) electrons. The summed E-state index contributed by atoms with van der Waals surface area (Å²) >= 11 is 0. The molecule has 1 saturated heterocycles. The molecule has 0 unspecified atom stereocenters. The molecule has 6 heteroatoms. The molecule has 1 fully saturated rings. The van der Waals surface area contributed by atoms with Gasteiger partial charge in [-0.25, -0.2) is 4.98 Å². The number of morpholine rings is 1. The van der Waals surface area contributed by atoms with Gasteiger partial charge < -0.3 is 14.2 Å². The average molecular weight is 292 g/mol. The first-order valence-electron chi connectivity index (χ1n) is 7.76. The van der Waals surface area contributed by atoms with Crippen LogP contribution in [-0.4, -0.2) is 71.7 Å². The summed E-state index contributed by atoms with van der Waals surface area (Å²) in [7, 11) is 1.92. The lowest BCUT2D eigenvalue weighted by Crippen LogP contribution is -2.45. The van der Waals surface area contributed by atoms with Gasteiger partial charge in [-0.2, -0.15) is 0 Å². The van der Waals surface area contributed by atoms with Crippen LogP contribution in [0.3, 0.4) is 0 Å². The molecule has 0 bridgehead atoms. The standard InChI is InChI=1S/C15H24N4O2/c1-17(15(20)12-18-6-8-21-9-7-18)10-13-2-3-14-16-4-5-19(14)11-13/h4-5,13H,2-3,6-12H2,1H3/t13-/m0/s1. The zero-order valence-electron chi connectivity index (χ0n) is 12.7. The molecule has 6 nitrogen and oxygen atoms in total. The van der Waals surface area contributed by atoms with Gasteiger partial charge in [0, 0.05) is 52.0 Å². The number of hydrogen-bond acceptors (Lipinski definition) is 4. The first-order valence-corrected chi connectivity index (χ1v) is 7.76. The van der Waals surface area contributed by atoms with Gasteiger partial charge in [-0.1, -0.05) is 0 Å². The van der Waals surface area contributed by atoms with Gasteiger partial charge in [0.1, 0.15) is 5.82 Å². The minimum absolute atomic E-state index is 0.216.